The molecule has 29 heavy (non-hydrogen) atoms. The maximum atomic E-state index is 13.5. The number of allylic oxidation sites excluding steroid dienone is 1. The van der Waals surface area contributed by atoms with Crippen LogP contribution in [0.2, 0.25) is 0 Å². The first-order valence-electron chi connectivity index (χ1n) is 10.9. The fraction of sp³-hybridized carbons (Fsp3) is 0.783. The Morgan fingerprint density at radius 2 is 1.93 bits per heavy atom. The van der Waals surface area contributed by atoms with Crippen molar-refractivity contribution >= 4 is 17.3 Å². The van der Waals surface area contributed by atoms with Crippen LogP contribution in [0.25, 0.3) is 0 Å². The predicted octanol–water partition coefficient (Wildman–Crippen LogP) is 2.97. The molecule has 160 valence electrons. The molecular formula is C23H32O6. The summed E-state index contributed by atoms with van der Waals surface area (Å²) in [6.07, 6.45) is 5.95. The molecule has 0 aromatic rings. The first-order chi connectivity index (χ1) is 13.7. The van der Waals surface area contributed by atoms with Crippen LogP contribution in [0.5, 0.6) is 0 Å². The van der Waals surface area contributed by atoms with E-state index in [4.69, 9.17) is 9.78 Å². The van der Waals surface area contributed by atoms with E-state index in [1.807, 2.05) is 6.92 Å². The van der Waals surface area contributed by atoms with Gasteiger partial charge in [0.05, 0.1) is 6.61 Å². The number of aliphatic hydroxyl groups is 1. The summed E-state index contributed by atoms with van der Waals surface area (Å²) in [5.74, 6) is 0.0431. The van der Waals surface area contributed by atoms with Crippen molar-refractivity contribution in [3.05, 3.63) is 11.6 Å². The van der Waals surface area contributed by atoms with Gasteiger partial charge >= 0.3 is 0 Å². The minimum Gasteiger partial charge on any atom is -0.381 e. The van der Waals surface area contributed by atoms with E-state index in [9.17, 15) is 19.5 Å². The van der Waals surface area contributed by atoms with Crippen LogP contribution in [0.3, 0.4) is 0 Å². The van der Waals surface area contributed by atoms with Gasteiger partial charge < -0.3 is 5.11 Å². The molecule has 1 N–H and O–H groups in total. The summed E-state index contributed by atoms with van der Waals surface area (Å²) >= 11 is 0. The van der Waals surface area contributed by atoms with Crippen molar-refractivity contribution < 1.29 is 29.3 Å². The summed E-state index contributed by atoms with van der Waals surface area (Å²) in [7, 11) is 0. The third-order valence-electron chi connectivity index (χ3n) is 8.66. The Morgan fingerprint density at radius 1 is 1.17 bits per heavy atom. The first kappa shape index (κ1) is 20.9. The second kappa shape index (κ2) is 7.10. The molecule has 4 rings (SSSR count). The third-order valence-corrected chi connectivity index (χ3v) is 8.66. The van der Waals surface area contributed by atoms with Crippen molar-refractivity contribution in [3.8, 4) is 0 Å². The van der Waals surface area contributed by atoms with Gasteiger partial charge in [-0.05, 0) is 62.4 Å². The van der Waals surface area contributed by atoms with Crippen LogP contribution in [0.4, 0.5) is 0 Å². The van der Waals surface area contributed by atoms with Crippen molar-refractivity contribution in [1.82, 2.24) is 0 Å². The Hall–Kier alpha value is -1.37. The number of carbonyl (C=O) groups is 3. The van der Waals surface area contributed by atoms with Crippen LogP contribution in [-0.4, -0.2) is 41.3 Å². The van der Waals surface area contributed by atoms with E-state index >= 15 is 0 Å². The maximum Gasteiger partial charge on any atom is 0.193 e. The van der Waals surface area contributed by atoms with E-state index in [0.717, 1.165) is 31.3 Å². The van der Waals surface area contributed by atoms with E-state index in [2.05, 4.69) is 6.92 Å². The van der Waals surface area contributed by atoms with Gasteiger partial charge in [-0.3, -0.25) is 14.4 Å². The van der Waals surface area contributed by atoms with Gasteiger partial charge in [0.25, 0.3) is 0 Å². The van der Waals surface area contributed by atoms with Crippen LogP contribution in [0.15, 0.2) is 11.6 Å². The largest absolute Gasteiger partial charge is 0.381 e. The lowest BCUT2D eigenvalue weighted by Gasteiger charge is -2.57. The maximum absolute atomic E-state index is 13.5. The van der Waals surface area contributed by atoms with E-state index in [-0.39, 0.29) is 47.8 Å². The predicted molar refractivity (Wildman–Crippen MR) is 105 cm³/mol. The van der Waals surface area contributed by atoms with Gasteiger partial charge in [0, 0.05) is 24.2 Å². The SMILES string of the molecule is CCOOCC(=O)[C@@]1(O)CC[C@H]2C3CCC4=CC(=O)CCC4(C)[C@H]3C(=O)CC21C. The molecule has 0 aromatic heterocycles. The van der Waals surface area contributed by atoms with Gasteiger partial charge in [-0.25, -0.2) is 9.78 Å². The molecule has 0 aliphatic heterocycles. The summed E-state index contributed by atoms with van der Waals surface area (Å²) in [6, 6.07) is 0. The highest BCUT2D eigenvalue weighted by molar-refractivity contribution is 5.94. The van der Waals surface area contributed by atoms with Gasteiger partial charge in [-0.1, -0.05) is 19.4 Å². The molecule has 3 fully saturated rings. The molecule has 6 atom stereocenters. The fourth-order valence-electron chi connectivity index (χ4n) is 7.14. The van der Waals surface area contributed by atoms with Crippen molar-refractivity contribution in [2.24, 2.45) is 28.6 Å². The van der Waals surface area contributed by atoms with Crippen LogP contribution >= 0.6 is 0 Å². The molecule has 4 aliphatic carbocycles. The molecular weight excluding hydrogens is 372 g/mol. The number of hydrogen-bond donors (Lipinski definition) is 1. The van der Waals surface area contributed by atoms with Crippen LogP contribution in [0.1, 0.15) is 65.7 Å². The van der Waals surface area contributed by atoms with Crippen molar-refractivity contribution in [2.45, 2.75) is 71.3 Å². The minimum atomic E-state index is -1.56. The van der Waals surface area contributed by atoms with Crippen molar-refractivity contribution in [2.75, 3.05) is 13.2 Å². The van der Waals surface area contributed by atoms with Crippen molar-refractivity contribution in [3.63, 3.8) is 0 Å². The molecule has 4 aliphatic rings. The molecule has 0 saturated heterocycles. The van der Waals surface area contributed by atoms with Gasteiger partial charge in [-0.15, -0.1) is 0 Å². The first-order valence-corrected chi connectivity index (χ1v) is 10.9. The number of ketones is 3. The highest BCUT2D eigenvalue weighted by atomic mass is 17.2. The molecule has 0 amide bonds. The molecule has 0 radical (unpaired) electrons. The second-order valence-electron chi connectivity index (χ2n) is 9.89. The Kier molecular flexibility index (Phi) is 5.11. The number of rotatable bonds is 5. The van der Waals surface area contributed by atoms with Crippen LogP contribution in [-0.2, 0) is 24.2 Å². The summed E-state index contributed by atoms with van der Waals surface area (Å²) < 4.78 is 0. The monoisotopic (exact) mass is 404 g/mol. The lowest BCUT2D eigenvalue weighted by Crippen LogP contribution is -2.61. The smallest absolute Gasteiger partial charge is 0.193 e. The molecule has 3 saturated carbocycles. The molecule has 6 heteroatoms. The highest BCUT2D eigenvalue weighted by Crippen LogP contribution is 2.66. The lowest BCUT2D eigenvalue weighted by atomic mass is 9.46. The Morgan fingerprint density at radius 3 is 2.66 bits per heavy atom. The van der Waals surface area contributed by atoms with Gasteiger partial charge in [-0.2, -0.15) is 0 Å². The standard InChI is InChI=1S/C23H32O6/c1-4-28-29-13-19(26)23(27)10-8-17-16-6-5-14-11-15(24)7-9-21(14,2)20(16)18(25)12-22(17,23)3/h11,16-17,20,27H,4-10,12-13H2,1-3H3/t16?,17-,20+,21?,22?,23-/m0/s1. The Labute approximate surface area is 171 Å². The Balaban J connectivity index is 1.64. The zero-order chi connectivity index (χ0) is 21.0. The highest BCUT2D eigenvalue weighted by Gasteiger charge is 2.68. The molecule has 0 spiro atoms. The fourth-order valence-corrected chi connectivity index (χ4v) is 7.14. The van der Waals surface area contributed by atoms with E-state index < -0.39 is 16.8 Å². The number of carbonyl (C=O) groups excluding carboxylic acids is 3. The van der Waals surface area contributed by atoms with E-state index in [0.29, 0.717) is 19.4 Å². The molecule has 3 unspecified atom stereocenters. The topological polar surface area (TPSA) is 89.9 Å². The van der Waals surface area contributed by atoms with Gasteiger partial charge in [0.2, 0.25) is 0 Å². The molecule has 0 bridgehead atoms. The number of Topliss-reactive ketones (excluding diaryl/α,β-unsaturated/α-hetero) is 2. The summed E-state index contributed by atoms with van der Waals surface area (Å²) in [6.45, 7) is 5.84. The summed E-state index contributed by atoms with van der Waals surface area (Å²) in [5.41, 5.74) is -1.48. The van der Waals surface area contributed by atoms with Gasteiger partial charge in [0.1, 0.15) is 18.0 Å². The average Bonchev–Trinajstić information content (AvgIpc) is 2.94. The zero-order valence-corrected chi connectivity index (χ0v) is 17.7. The van der Waals surface area contributed by atoms with Gasteiger partial charge in [0.15, 0.2) is 11.6 Å². The van der Waals surface area contributed by atoms with Crippen molar-refractivity contribution in [1.29, 1.82) is 0 Å². The average molecular weight is 405 g/mol. The third kappa shape index (κ3) is 2.90. The molecule has 6 nitrogen and oxygen atoms in total. The molecule has 0 aromatic carbocycles. The second-order valence-corrected chi connectivity index (χ2v) is 9.89. The normalized spacial score (nSPS) is 44.0. The number of hydrogen-bond acceptors (Lipinski definition) is 6. The lowest BCUT2D eigenvalue weighted by molar-refractivity contribution is -0.288. The quantitative estimate of drug-likeness (QED) is 0.430. The van der Waals surface area contributed by atoms with E-state index in [1.54, 1.807) is 13.0 Å². The Bertz CT molecular complexity index is 771. The zero-order valence-electron chi connectivity index (χ0n) is 17.7. The minimum absolute atomic E-state index is 0.113. The van der Waals surface area contributed by atoms with E-state index in [1.165, 1.54) is 0 Å². The summed E-state index contributed by atoms with van der Waals surface area (Å²) in [5, 5.41) is 11.5. The summed E-state index contributed by atoms with van der Waals surface area (Å²) in [4.78, 5) is 48.1. The van der Waals surface area contributed by atoms with Crippen LogP contribution < -0.4 is 0 Å². The molecule has 0 heterocycles. The number of fused-ring (bicyclic) bond motifs is 5. The van der Waals surface area contributed by atoms with Crippen LogP contribution in [0, 0.1) is 28.6 Å².